The summed E-state index contributed by atoms with van der Waals surface area (Å²) in [6, 6.07) is 0. The molecule has 0 amide bonds. The normalized spacial score (nSPS) is 10.6. The number of alkyl halides is 3. The average Bonchev–Trinajstić information content (AvgIpc) is 2.16. The second-order valence-electron chi connectivity index (χ2n) is 2.44. The van der Waals surface area contributed by atoms with Crippen molar-refractivity contribution < 1.29 is 13.6 Å². The third kappa shape index (κ3) is 2.17. The molecule has 0 saturated carbocycles. The minimum atomic E-state index is -2.64. The Hall–Kier alpha value is -0.360. The van der Waals surface area contributed by atoms with E-state index in [1.807, 2.05) is 0 Å². The lowest BCUT2D eigenvalue weighted by molar-refractivity contribution is 0.112. The fraction of sp³-hybridized carbons (Fsp3) is 0.250. The molecular weight excluding hydrogens is 324 g/mol. The number of nitrogens with zero attached hydrogens (tertiary/aromatic N) is 1. The smallest absolute Gasteiger partial charge is 0.266 e. The highest BCUT2D eigenvalue weighted by Crippen LogP contribution is 2.30. The van der Waals surface area contributed by atoms with Gasteiger partial charge in [-0.3, -0.25) is 9.78 Å². The summed E-state index contributed by atoms with van der Waals surface area (Å²) < 4.78 is 24.9. The molecule has 1 aromatic heterocycles. The zero-order valence-corrected chi connectivity index (χ0v) is 9.98. The summed E-state index contributed by atoms with van der Waals surface area (Å²) in [5.41, 5.74) is 0.341. The number of aldehydes is 1. The van der Waals surface area contributed by atoms with E-state index in [1.165, 1.54) is 0 Å². The van der Waals surface area contributed by atoms with E-state index in [0.717, 1.165) is 6.20 Å². The molecule has 0 radical (unpaired) electrons. The van der Waals surface area contributed by atoms with Gasteiger partial charge in [0.05, 0.1) is 16.8 Å². The lowest BCUT2D eigenvalue weighted by Gasteiger charge is -2.07. The van der Waals surface area contributed by atoms with Crippen LogP contribution in [0.1, 0.15) is 28.0 Å². The second kappa shape index (κ2) is 4.93. The summed E-state index contributed by atoms with van der Waals surface area (Å²) in [6.45, 7) is 0. The highest BCUT2D eigenvalue weighted by Gasteiger charge is 2.17. The molecular formula is C8H5Br2F2NO. The minimum Gasteiger partial charge on any atom is -0.298 e. The molecule has 1 aromatic rings. The first-order valence-electron chi connectivity index (χ1n) is 3.58. The van der Waals surface area contributed by atoms with Crippen molar-refractivity contribution in [2.75, 3.05) is 0 Å². The van der Waals surface area contributed by atoms with E-state index < -0.39 is 6.43 Å². The number of carbonyl (C=O) groups is 1. The van der Waals surface area contributed by atoms with E-state index in [0.29, 0.717) is 17.3 Å². The SMILES string of the molecule is O=Cc1c(CBr)ncc(C(F)F)c1Br. The molecule has 2 nitrogen and oxygen atoms in total. The van der Waals surface area contributed by atoms with Crippen LogP contribution in [0.5, 0.6) is 0 Å². The molecule has 0 saturated heterocycles. The van der Waals surface area contributed by atoms with Crippen LogP contribution in [-0.4, -0.2) is 11.3 Å². The highest BCUT2D eigenvalue weighted by atomic mass is 79.9. The molecule has 0 N–H and O–H groups in total. The number of rotatable bonds is 3. The average molecular weight is 329 g/mol. The summed E-state index contributed by atoms with van der Waals surface area (Å²) in [4.78, 5) is 14.4. The van der Waals surface area contributed by atoms with Crippen LogP contribution in [-0.2, 0) is 5.33 Å². The number of aromatic nitrogens is 1. The zero-order valence-electron chi connectivity index (χ0n) is 6.81. The first-order chi connectivity index (χ1) is 6.61. The molecule has 14 heavy (non-hydrogen) atoms. The predicted octanol–water partition coefficient (Wildman–Crippen LogP) is 3.49. The molecule has 0 spiro atoms. The third-order valence-electron chi connectivity index (χ3n) is 1.64. The van der Waals surface area contributed by atoms with Gasteiger partial charge in [-0.15, -0.1) is 0 Å². The van der Waals surface area contributed by atoms with E-state index in [-0.39, 0.29) is 15.6 Å². The molecule has 0 unspecified atom stereocenters. The number of hydrogen-bond acceptors (Lipinski definition) is 2. The van der Waals surface area contributed by atoms with Crippen LogP contribution >= 0.6 is 31.9 Å². The zero-order chi connectivity index (χ0) is 10.7. The van der Waals surface area contributed by atoms with Crippen LogP contribution in [0.25, 0.3) is 0 Å². The van der Waals surface area contributed by atoms with Crippen LogP contribution in [0.2, 0.25) is 0 Å². The minimum absolute atomic E-state index is 0.118. The number of hydrogen-bond donors (Lipinski definition) is 0. The molecule has 0 aliphatic rings. The van der Waals surface area contributed by atoms with Crippen molar-refractivity contribution in [3.63, 3.8) is 0 Å². The molecule has 0 bridgehead atoms. The van der Waals surface area contributed by atoms with E-state index >= 15 is 0 Å². The van der Waals surface area contributed by atoms with Crippen molar-refractivity contribution in [2.24, 2.45) is 0 Å². The van der Waals surface area contributed by atoms with E-state index in [1.54, 1.807) is 0 Å². The molecule has 6 heteroatoms. The highest BCUT2D eigenvalue weighted by molar-refractivity contribution is 9.10. The van der Waals surface area contributed by atoms with E-state index in [2.05, 4.69) is 36.8 Å². The van der Waals surface area contributed by atoms with Crippen molar-refractivity contribution >= 4 is 38.1 Å². The maximum Gasteiger partial charge on any atom is 0.266 e. The summed E-state index contributed by atoms with van der Waals surface area (Å²) in [6.07, 6.45) is -1.06. The van der Waals surface area contributed by atoms with Crippen LogP contribution < -0.4 is 0 Å². The van der Waals surface area contributed by atoms with Crippen LogP contribution in [0, 0.1) is 0 Å². The molecule has 1 rings (SSSR count). The van der Waals surface area contributed by atoms with Gasteiger partial charge in [0, 0.05) is 16.0 Å². The van der Waals surface area contributed by atoms with Gasteiger partial charge < -0.3 is 0 Å². The first kappa shape index (κ1) is 11.7. The molecule has 1 heterocycles. The Morgan fingerprint density at radius 2 is 2.21 bits per heavy atom. The second-order valence-corrected chi connectivity index (χ2v) is 3.79. The van der Waals surface area contributed by atoms with Gasteiger partial charge in [0.25, 0.3) is 6.43 Å². The quantitative estimate of drug-likeness (QED) is 0.628. The van der Waals surface area contributed by atoms with Gasteiger partial charge in [0.15, 0.2) is 6.29 Å². The van der Waals surface area contributed by atoms with Gasteiger partial charge in [-0.2, -0.15) is 0 Å². The van der Waals surface area contributed by atoms with Crippen molar-refractivity contribution in [3.05, 3.63) is 27.5 Å². The van der Waals surface area contributed by atoms with Crippen molar-refractivity contribution in [1.82, 2.24) is 4.98 Å². The molecule has 0 fully saturated rings. The summed E-state index contributed by atoms with van der Waals surface area (Å²) in [5, 5.41) is 0.350. The van der Waals surface area contributed by atoms with Gasteiger partial charge in [0.1, 0.15) is 0 Å². The van der Waals surface area contributed by atoms with E-state index in [9.17, 15) is 13.6 Å². The van der Waals surface area contributed by atoms with Gasteiger partial charge in [0.2, 0.25) is 0 Å². The Balaban J connectivity index is 3.34. The molecule has 76 valence electrons. The fourth-order valence-electron chi connectivity index (χ4n) is 0.934. The monoisotopic (exact) mass is 327 g/mol. The van der Waals surface area contributed by atoms with Crippen molar-refractivity contribution in [3.8, 4) is 0 Å². The Morgan fingerprint density at radius 3 is 2.64 bits per heavy atom. The van der Waals surface area contributed by atoms with Crippen molar-refractivity contribution in [1.29, 1.82) is 0 Å². The topological polar surface area (TPSA) is 30.0 Å². The summed E-state index contributed by atoms with van der Waals surface area (Å²) in [5.74, 6) is 0. The third-order valence-corrected chi connectivity index (χ3v) is 3.06. The van der Waals surface area contributed by atoms with Gasteiger partial charge in [-0.05, 0) is 15.9 Å². The van der Waals surface area contributed by atoms with Gasteiger partial charge in [-0.1, -0.05) is 15.9 Å². The number of halogens is 4. The maximum absolute atomic E-state index is 12.4. The van der Waals surface area contributed by atoms with Crippen molar-refractivity contribution in [2.45, 2.75) is 11.8 Å². The fourth-order valence-corrected chi connectivity index (χ4v) is 1.98. The van der Waals surface area contributed by atoms with Gasteiger partial charge in [-0.25, -0.2) is 8.78 Å². The maximum atomic E-state index is 12.4. The predicted molar refractivity (Wildman–Crippen MR) is 54.9 cm³/mol. The largest absolute Gasteiger partial charge is 0.298 e. The molecule has 0 atom stereocenters. The lowest BCUT2D eigenvalue weighted by atomic mass is 10.1. The molecule has 0 aliphatic heterocycles. The Kier molecular flexibility index (Phi) is 4.12. The molecule has 0 aromatic carbocycles. The van der Waals surface area contributed by atoms with Crippen LogP contribution in [0.15, 0.2) is 10.7 Å². The first-order valence-corrected chi connectivity index (χ1v) is 5.49. The van der Waals surface area contributed by atoms with E-state index in [4.69, 9.17) is 0 Å². The Bertz CT molecular complexity index is 357. The Morgan fingerprint density at radius 1 is 1.57 bits per heavy atom. The number of pyridine rings is 1. The van der Waals surface area contributed by atoms with Gasteiger partial charge >= 0.3 is 0 Å². The standard InChI is InChI=1S/C8H5Br2F2NO/c9-1-6-5(3-14)7(10)4(2-13-6)8(11)12/h2-3,8H,1H2. The number of carbonyl (C=O) groups excluding carboxylic acids is 1. The lowest BCUT2D eigenvalue weighted by Crippen LogP contribution is -2.00. The molecule has 0 aliphatic carbocycles. The van der Waals surface area contributed by atoms with Crippen LogP contribution in [0.4, 0.5) is 8.78 Å². The summed E-state index contributed by atoms with van der Waals surface area (Å²) in [7, 11) is 0. The summed E-state index contributed by atoms with van der Waals surface area (Å²) >= 11 is 6.08. The Labute approximate surface area is 96.0 Å². The van der Waals surface area contributed by atoms with Crippen LogP contribution in [0.3, 0.4) is 0 Å².